The van der Waals surface area contributed by atoms with Crippen LogP contribution in [0.3, 0.4) is 0 Å². The number of fused-ring (bicyclic) bond motifs is 1. The molecule has 0 unspecified atom stereocenters. The van der Waals surface area contributed by atoms with Gasteiger partial charge in [-0.3, -0.25) is 4.98 Å². The summed E-state index contributed by atoms with van der Waals surface area (Å²) < 4.78 is 0. The maximum absolute atomic E-state index is 6.35. The van der Waals surface area contributed by atoms with E-state index in [1.165, 1.54) is 0 Å². The molecule has 3 N–H and O–H groups in total. The molecule has 1 aromatic heterocycles. The summed E-state index contributed by atoms with van der Waals surface area (Å²) in [5.41, 5.74) is 8.91. The lowest BCUT2D eigenvalue weighted by atomic mass is 9.87. The van der Waals surface area contributed by atoms with Crippen LogP contribution in [0, 0.1) is 6.92 Å². The summed E-state index contributed by atoms with van der Waals surface area (Å²) in [6, 6.07) is 6.73. The van der Waals surface area contributed by atoms with Crippen LogP contribution in [0.15, 0.2) is 24.4 Å². The Morgan fingerprint density at radius 3 is 2.94 bits per heavy atom. The third kappa shape index (κ3) is 1.93. The first kappa shape index (κ1) is 11.8. The zero-order chi connectivity index (χ0) is 12.7. The average Bonchev–Trinajstić information content (AvgIpc) is 2.32. The third-order valence-corrected chi connectivity index (χ3v) is 3.85. The largest absolute Gasteiger partial charge is 0.380 e. The summed E-state index contributed by atoms with van der Waals surface area (Å²) >= 11 is 6.35. The van der Waals surface area contributed by atoms with E-state index in [1.807, 2.05) is 25.3 Å². The Labute approximate surface area is 111 Å². The van der Waals surface area contributed by atoms with Crippen LogP contribution in [0.5, 0.6) is 0 Å². The molecule has 2 aromatic rings. The Kier molecular flexibility index (Phi) is 2.88. The van der Waals surface area contributed by atoms with Gasteiger partial charge in [0.1, 0.15) is 0 Å². The maximum Gasteiger partial charge on any atom is 0.0752 e. The minimum absolute atomic E-state index is 0.330. The zero-order valence-corrected chi connectivity index (χ0v) is 11.0. The van der Waals surface area contributed by atoms with Crippen molar-refractivity contribution in [1.29, 1.82) is 0 Å². The van der Waals surface area contributed by atoms with Crippen LogP contribution < -0.4 is 11.1 Å². The summed E-state index contributed by atoms with van der Waals surface area (Å²) in [7, 11) is 0. The summed E-state index contributed by atoms with van der Waals surface area (Å²) in [5, 5.41) is 5.34. The maximum atomic E-state index is 6.35. The summed E-state index contributed by atoms with van der Waals surface area (Å²) in [6.45, 7) is 2.03. The first-order valence-corrected chi connectivity index (χ1v) is 6.59. The van der Waals surface area contributed by atoms with Gasteiger partial charge in [-0.15, -0.1) is 0 Å². The fourth-order valence-electron chi connectivity index (χ4n) is 2.51. The van der Waals surface area contributed by atoms with Crippen molar-refractivity contribution in [3.05, 3.63) is 35.0 Å². The molecule has 0 saturated heterocycles. The molecular formula is C14H16ClN3. The van der Waals surface area contributed by atoms with Crippen LogP contribution in [0.2, 0.25) is 5.02 Å². The van der Waals surface area contributed by atoms with Gasteiger partial charge in [0.25, 0.3) is 0 Å². The topological polar surface area (TPSA) is 50.9 Å². The molecule has 1 heterocycles. The molecule has 1 aliphatic carbocycles. The van der Waals surface area contributed by atoms with Gasteiger partial charge in [-0.05, 0) is 43.5 Å². The number of hydrogen-bond donors (Lipinski definition) is 2. The van der Waals surface area contributed by atoms with Gasteiger partial charge >= 0.3 is 0 Å². The van der Waals surface area contributed by atoms with E-state index >= 15 is 0 Å². The highest BCUT2D eigenvalue weighted by molar-refractivity contribution is 6.35. The number of hydrogen-bond acceptors (Lipinski definition) is 3. The number of nitrogens with two attached hydrogens (primary N) is 1. The number of halogens is 1. The van der Waals surface area contributed by atoms with Gasteiger partial charge in [0, 0.05) is 23.7 Å². The Balaban J connectivity index is 2.04. The number of pyridine rings is 1. The highest BCUT2D eigenvalue weighted by atomic mass is 35.5. The molecule has 1 aromatic carbocycles. The standard InChI is InChI=1S/C14H16ClN3/c1-8-5-12(15)14(18-10-6-9(16)7-10)11-3-2-4-17-13(8)11/h2-5,9-10,18H,6-7,16H2,1H3. The third-order valence-electron chi connectivity index (χ3n) is 3.56. The van der Waals surface area contributed by atoms with E-state index in [4.69, 9.17) is 17.3 Å². The van der Waals surface area contributed by atoms with Crippen LogP contribution in [0.25, 0.3) is 10.9 Å². The molecule has 1 saturated carbocycles. The summed E-state index contributed by atoms with van der Waals surface area (Å²) in [5.74, 6) is 0. The summed E-state index contributed by atoms with van der Waals surface area (Å²) in [6.07, 6.45) is 3.82. The van der Waals surface area contributed by atoms with E-state index in [9.17, 15) is 0 Å². The van der Waals surface area contributed by atoms with Crippen molar-refractivity contribution < 1.29 is 0 Å². The van der Waals surface area contributed by atoms with E-state index < -0.39 is 0 Å². The highest BCUT2D eigenvalue weighted by Gasteiger charge is 2.26. The second kappa shape index (κ2) is 4.41. The number of anilines is 1. The monoisotopic (exact) mass is 261 g/mol. The van der Waals surface area contributed by atoms with Crippen LogP contribution in [-0.4, -0.2) is 17.1 Å². The van der Waals surface area contributed by atoms with E-state index in [0.29, 0.717) is 12.1 Å². The van der Waals surface area contributed by atoms with Crippen molar-refractivity contribution >= 4 is 28.2 Å². The van der Waals surface area contributed by atoms with E-state index in [1.54, 1.807) is 0 Å². The number of nitrogens with zero attached hydrogens (tertiary/aromatic N) is 1. The van der Waals surface area contributed by atoms with Crippen LogP contribution >= 0.6 is 11.6 Å². The van der Waals surface area contributed by atoms with Gasteiger partial charge in [0.15, 0.2) is 0 Å². The number of benzene rings is 1. The van der Waals surface area contributed by atoms with Crippen molar-refractivity contribution in [3.8, 4) is 0 Å². The van der Waals surface area contributed by atoms with Crippen LogP contribution in [0.1, 0.15) is 18.4 Å². The van der Waals surface area contributed by atoms with Gasteiger partial charge in [-0.2, -0.15) is 0 Å². The molecule has 4 heteroatoms. The average molecular weight is 262 g/mol. The van der Waals surface area contributed by atoms with E-state index in [-0.39, 0.29) is 0 Å². The Bertz CT molecular complexity index is 591. The van der Waals surface area contributed by atoms with Gasteiger partial charge < -0.3 is 11.1 Å². The van der Waals surface area contributed by atoms with Crippen molar-refractivity contribution in [3.63, 3.8) is 0 Å². The molecule has 0 radical (unpaired) electrons. The molecule has 1 aliphatic rings. The number of aromatic nitrogens is 1. The molecule has 0 amide bonds. The zero-order valence-electron chi connectivity index (χ0n) is 10.3. The first-order chi connectivity index (χ1) is 8.65. The molecule has 3 nitrogen and oxygen atoms in total. The van der Waals surface area contributed by atoms with E-state index in [0.717, 1.165) is 40.0 Å². The molecule has 3 rings (SSSR count). The molecular weight excluding hydrogens is 246 g/mol. The minimum Gasteiger partial charge on any atom is -0.380 e. The molecule has 0 spiro atoms. The normalized spacial score (nSPS) is 22.8. The predicted molar refractivity (Wildman–Crippen MR) is 76.1 cm³/mol. The second-order valence-electron chi connectivity index (χ2n) is 5.02. The SMILES string of the molecule is Cc1cc(Cl)c(NC2CC(N)C2)c2cccnc12. The number of aryl methyl sites for hydroxylation is 1. The van der Waals surface area contributed by atoms with Gasteiger partial charge in [-0.25, -0.2) is 0 Å². The predicted octanol–water partition coefficient (Wildman–Crippen LogP) is 3.10. The smallest absolute Gasteiger partial charge is 0.0752 e. The molecule has 0 aliphatic heterocycles. The van der Waals surface area contributed by atoms with Crippen molar-refractivity contribution in [2.24, 2.45) is 5.73 Å². The fourth-order valence-corrected chi connectivity index (χ4v) is 2.83. The minimum atomic E-state index is 0.330. The lowest BCUT2D eigenvalue weighted by Crippen LogP contribution is -2.44. The number of rotatable bonds is 2. The first-order valence-electron chi connectivity index (χ1n) is 6.21. The Hall–Kier alpha value is -1.32. The fraction of sp³-hybridized carbons (Fsp3) is 0.357. The van der Waals surface area contributed by atoms with Crippen molar-refractivity contribution in [2.45, 2.75) is 31.8 Å². The van der Waals surface area contributed by atoms with Crippen LogP contribution in [-0.2, 0) is 0 Å². The van der Waals surface area contributed by atoms with Gasteiger partial charge in [0.2, 0.25) is 0 Å². The van der Waals surface area contributed by atoms with E-state index in [2.05, 4.69) is 16.4 Å². The Morgan fingerprint density at radius 1 is 1.44 bits per heavy atom. The quantitative estimate of drug-likeness (QED) is 0.873. The lowest BCUT2D eigenvalue weighted by Gasteiger charge is -2.34. The second-order valence-corrected chi connectivity index (χ2v) is 5.43. The molecule has 0 atom stereocenters. The lowest BCUT2D eigenvalue weighted by molar-refractivity contribution is 0.374. The number of nitrogens with one attached hydrogen (secondary N) is 1. The molecule has 94 valence electrons. The van der Waals surface area contributed by atoms with Gasteiger partial charge in [-0.1, -0.05) is 11.6 Å². The Morgan fingerprint density at radius 2 is 2.22 bits per heavy atom. The van der Waals surface area contributed by atoms with Gasteiger partial charge in [0.05, 0.1) is 16.2 Å². The molecule has 1 fully saturated rings. The summed E-state index contributed by atoms with van der Waals surface area (Å²) in [4.78, 5) is 4.43. The van der Waals surface area contributed by atoms with Crippen LogP contribution in [0.4, 0.5) is 5.69 Å². The van der Waals surface area contributed by atoms with Crippen molar-refractivity contribution in [1.82, 2.24) is 4.98 Å². The highest BCUT2D eigenvalue weighted by Crippen LogP contribution is 2.35. The van der Waals surface area contributed by atoms with Crippen molar-refractivity contribution in [2.75, 3.05) is 5.32 Å². The molecule has 0 bridgehead atoms. The molecule has 18 heavy (non-hydrogen) atoms.